The lowest BCUT2D eigenvalue weighted by Gasteiger charge is -2.21. The highest BCUT2D eigenvalue weighted by Gasteiger charge is 2.18. The van der Waals surface area contributed by atoms with Crippen molar-refractivity contribution in [2.24, 2.45) is 0 Å². The minimum atomic E-state index is 0.183. The van der Waals surface area contributed by atoms with Gasteiger partial charge in [0.15, 0.2) is 0 Å². The zero-order valence-corrected chi connectivity index (χ0v) is 17.4. The summed E-state index contributed by atoms with van der Waals surface area (Å²) in [4.78, 5) is 8.47. The number of nitrogens with two attached hydrogens (primary N) is 1. The van der Waals surface area contributed by atoms with Crippen LogP contribution in [0, 0.1) is 5.41 Å². The molecule has 0 bridgehead atoms. The van der Waals surface area contributed by atoms with Gasteiger partial charge in [0.2, 0.25) is 0 Å². The number of para-hydroxylation sites is 1. The number of aromatic nitrogens is 2. The minimum absolute atomic E-state index is 0.183. The van der Waals surface area contributed by atoms with Gasteiger partial charge in [-0.1, -0.05) is 31.5 Å². The Labute approximate surface area is 177 Å². The Morgan fingerprint density at radius 2 is 1.77 bits per heavy atom. The predicted molar refractivity (Wildman–Crippen MR) is 122 cm³/mol. The third kappa shape index (κ3) is 5.33. The molecule has 2 aromatic carbocycles. The van der Waals surface area contributed by atoms with Crippen LogP contribution >= 0.6 is 0 Å². The SMILES string of the molecule is CCCC(CNC)Nc1ncnc(N)c1C(=N)c1ccc(Oc2ccccc2)cc1. The molecular weight excluding hydrogens is 376 g/mol. The Bertz CT molecular complexity index is 953. The average Bonchev–Trinajstić information content (AvgIpc) is 2.75. The molecule has 1 heterocycles. The van der Waals surface area contributed by atoms with Gasteiger partial charge < -0.3 is 21.1 Å². The Hall–Kier alpha value is -3.45. The van der Waals surface area contributed by atoms with E-state index in [9.17, 15) is 0 Å². The summed E-state index contributed by atoms with van der Waals surface area (Å²) >= 11 is 0. The van der Waals surface area contributed by atoms with Crippen LogP contribution in [-0.4, -0.2) is 35.3 Å². The number of likely N-dealkylation sites (N-methyl/N-ethyl adjacent to an activating group) is 1. The van der Waals surface area contributed by atoms with Crippen LogP contribution in [0.2, 0.25) is 0 Å². The quantitative estimate of drug-likeness (QED) is 0.379. The normalized spacial score (nSPS) is 11.7. The van der Waals surface area contributed by atoms with E-state index in [1.165, 1.54) is 6.33 Å². The van der Waals surface area contributed by atoms with E-state index in [1.54, 1.807) is 0 Å². The summed E-state index contributed by atoms with van der Waals surface area (Å²) in [5.74, 6) is 2.32. The zero-order valence-electron chi connectivity index (χ0n) is 17.4. The van der Waals surface area contributed by atoms with Crippen LogP contribution in [0.5, 0.6) is 11.5 Å². The fourth-order valence-electron chi connectivity index (χ4n) is 3.23. The third-order valence-corrected chi connectivity index (χ3v) is 4.68. The maximum atomic E-state index is 8.74. The van der Waals surface area contributed by atoms with Gasteiger partial charge >= 0.3 is 0 Å². The molecule has 7 nitrogen and oxygen atoms in total. The van der Waals surface area contributed by atoms with E-state index in [0.717, 1.165) is 25.1 Å². The van der Waals surface area contributed by atoms with Crippen molar-refractivity contribution in [3.63, 3.8) is 0 Å². The van der Waals surface area contributed by atoms with Crippen LogP contribution in [-0.2, 0) is 0 Å². The van der Waals surface area contributed by atoms with Gasteiger partial charge in [-0.15, -0.1) is 0 Å². The minimum Gasteiger partial charge on any atom is -0.457 e. The van der Waals surface area contributed by atoms with Crippen LogP contribution in [0.3, 0.4) is 0 Å². The van der Waals surface area contributed by atoms with Gasteiger partial charge in [0, 0.05) is 18.2 Å². The molecular formula is C23H28N6O. The summed E-state index contributed by atoms with van der Waals surface area (Å²) in [6.07, 6.45) is 3.44. The molecule has 5 N–H and O–H groups in total. The molecule has 3 rings (SSSR count). The smallest absolute Gasteiger partial charge is 0.141 e. The lowest BCUT2D eigenvalue weighted by Crippen LogP contribution is -2.32. The molecule has 0 saturated heterocycles. The molecule has 0 spiro atoms. The molecule has 0 aliphatic rings. The molecule has 7 heteroatoms. The monoisotopic (exact) mass is 404 g/mol. The number of anilines is 2. The topological polar surface area (TPSA) is 109 Å². The Morgan fingerprint density at radius 3 is 2.43 bits per heavy atom. The molecule has 0 fully saturated rings. The number of hydrogen-bond acceptors (Lipinski definition) is 7. The van der Waals surface area contributed by atoms with Gasteiger partial charge in [-0.2, -0.15) is 0 Å². The first-order valence-corrected chi connectivity index (χ1v) is 10.1. The van der Waals surface area contributed by atoms with E-state index in [2.05, 4.69) is 27.5 Å². The first-order valence-electron chi connectivity index (χ1n) is 10.1. The molecule has 1 atom stereocenters. The Balaban J connectivity index is 1.82. The molecule has 0 aliphatic carbocycles. The molecule has 30 heavy (non-hydrogen) atoms. The maximum Gasteiger partial charge on any atom is 0.141 e. The predicted octanol–water partition coefficient (Wildman–Crippen LogP) is 4.07. The number of nitrogens with one attached hydrogen (secondary N) is 3. The molecule has 0 saturated carbocycles. The highest BCUT2D eigenvalue weighted by molar-refractivity contribution is 6.16. The standard InChI is InChI=1S/C23H28N6O/c1-3-7-17(14-26-2)29-23-20(22(25)27-15-28-23)21(24)16-10-12-19(13-11-16)30-18-8-5-4-6-9-18/h4-6,8-13,15,17,24,26H,3,7,14H2,1-2H3,(H3,25,27,28,29). The average molecular weight is 405 g/mol. The summed E-state index contributed by atoms with van der Waals surface area (Å²) in [6.45, 7) is 2.93. The van der Waals surface area contributed by atoms with Crippen LogP contribution in [0.15, 0.2) is 60.9 Å². The first kappa shape index (κ1) is 21.3. The number of benzene rings is 2. The summed E-state index contributed by atoms with van der Waals surface area (Å²) in [6, 6.07) is 17.1. The zero-order chi connectivity index (χ0) is 21.3. The van der Waals surface area contributed by atoms with Gasteiger partial charge in [0.1, 0.15) is 29.5 Å². The van der Waals surface area contributed by atoms with Crippen molar-refractivity contribution in [2.75, 3.05) is 24.6 Å². The molecule has 156 valence electrons. The number of nitrogens with zero attached hydrogens (tertiary/aromatic N) is 2. The molecule has 0 radical (unpaired) electrons. The molecule has 1 aromatic heterocycles. The second kappa shape index (κ2) is 10.4. The van der Waals surface area contributed by atoms with Crippen molar-refractivity contribution in [3.05, 3.63) is 72.1 Å². The molecule has 0 amide bonds. The van der Waals surface area contributed by atoms with Gasteiger partial charge in [-0.05, 0) is 49.9 Å². The maximum absolute atomic E-state index is 8.74. The largest absolute Gasteiger partial charge is 0.457 e. The lowest BCUT2D eigenvalue weighted by molar-refractivity contribution is 0.482. The van der Waals surface area contributed by atoms with Crippen molar-refractivity contribution in [2.45, 2.75) is 25.8 Å². The van der Waals surface area contributed by atoms with E-state index in [-0.39, 0.29) is 17.6 Å². The summed E-state index contributed by atoms with van der Waals surface area (Å²) in [7, 11) is 1.92. The van der Waals surface area contributed by atoms with E-state index >= 15 is 0 Å². The van der Waals surface area contributed by atoms with Gasteiger partial charge in [-0.3, -0.25) is 5.41 Å². The van der Waals surface area contributed by atoms with Gasteiger partial charge in [-0.25, -0.2) is 9.97 Å². The highest BCUT2D eigenvalue weighted by atomic mass is 16.5. The van der Waals surface area contributed by atoms with E-state index in [0.29, 0.717) is 22.7 Å². The van der Waals surface area contributed by atoms with Crippen LogP contribution in [0.1, 0.15) is 30.9 Å². The fourth-order valence-corrected chi connectivity index (χ4v) is 3.23. The molecule has 3 aromatic rings. The van der Waals surface area contributed by atoms with Crippen molar-refractivity contribution < 1.29 is 4.74 Å². The van der Waals surface area contributed by atoms with Crippen molar-refractivity contribution in [1.29, 1.82) is 5.41 Å². The van der Waals surface area contributed by atoms with Crippen molar-refractivity contribution in [3.8, 4) is 11.5 Å². The summed E-state index contributed by atoms with van der Waals surface area (Å²) in [5.41, 5.74) is 7.62. The van der Waals surface area contributed by atoms with E-state index in [4.69, 9.17) is 15.9 Å². The summed E-state index contributed by atoms with van der Waals surface area (Å²) in [5, 5.41) is 15.4. The molecule has 0 aliphatic heterocycles. The second-order valence-corrected chi connectivity index (χ2v) is 6.98. The Morgan fingerprint density at radius 1 is 1.07 bits per heavy atom. The van der Waals surface area contributed by atoms with Crippen LogP contribution in [0.25, 0.3) is 0 Å². The second-order valence-electron chi connectivity index (χ2n) is 6.98. The van der Waals surface area contributed by atoms with Crippen molar-refractivity contribution >= 4 is 17.3 Å². The van der Waals surface area contributed by atoms with Gasteiger partial charge in [0.05, 0.1) is 11.3 Å². The van der Waals surface area contributed by atoms with Crippen LogP contribution in [0.4, 0.5) is 11.6 Å². The van der Waals surface area contributed by atoms with Crippen LogP contribution < -0.4 is 21.1 Å². The first-order chi connectivity index (χ1) is 14.6. The Kier molecular flexibility index (Phi) is 7.34. The van der Waals surface area contributed by atoms with E-state index in [1.807, 2.05) is 61.6 Å². The lowest BCUT2D eigenvalue weighted by atomic mass is 10.0. The number of ether oxygens (including phenoxy) is 1. The number of hydrogen-bond donors (Lipinski definition) is 4. The number of nitrogen functional groups attached to an aromatic ring is 1. The summed E-state index contributed by atoms with van der Waals surface area (Å²) < 4.78 is 5.83. The molecule has 1 unspecified atom stereocenters. The number of rotatable bonds is 10. The van der Waals surface area contributed by atoms with Crippen molar-refractivity contribution in [1.82, 2.24) is 15.3 Å². The fraction of sp³-hybridized carbons (Fsp3) is 0.261. The third-order valence-electron chi connectivity index (χ3n) is 4.68. The van der Waals surface area contributed by atoms with E-state index < -0.39 is 0 Å². The van der Waals surface area contributed by atoms with Gasteiger partial charge in [0.25, 0.3) is 0 Å². The highest BCUT2D eigenvalue weighted by Crippen LogP contribution is 2.25.